The summed E-state index contributed by atoms with van der Waals surface area (Å²) in [7, 11) is 1.61. The first-order chi connectivity index (χ1) is 14.7. The van der Waals surface area contributed by atoms with E-state index >= 15 is 0 Å². The zero-order valence-electron chi connectivity index (χ0n) is 16.0. The highest BCUT2D eigenvalue weighted by molar-refractivity contribution is 7.99. The van der Waals surface area contributed by atoms with Crippen LogP contribution in [-0.2, 0) is 16.1 Å². The Kier molecular flexibility index (Phi) is 4.85. The van der Waals surface area contributed by atoms with Crippen molar-refractivity contribution in [1.82, 2.24) is 20.5 Å². The molecular formula is C20H17N6O3S+. The molecule has 10 heteroatoms. The summed E-state index contributed by atoms with van der Waals surface area (Å²) >= 11 is 1.22. The molecule has 4 aromatic rings. The monoisotopic (exact) mass is 421 g/mol. The van der Waals surface area contributed by atoms with E-state index in [9.17, 15) is 4.79 Å². The maximum atomic E-state index is 12.2. The van der Waals surface area contributed by atoms with Gasteiger partial charge in [-0.3, -0.25) is 14.6 Å². The second-order valence-corrected chi connectivity index (χ2v) is 7.60. The quantitative estimate of drug-likeness (QED) is 0.315. The zero-order chi connectivity index (χ0) is 20.5. The third-order valence-electron chi connectivity index (χ3n) is 4.71. The van der Waals surface area contributed by atoms with Crippen molar-refractivity contribution in [3.63, 3.8) is 0 Å². The highest BCUT2D eigenvalue weighted by atomic mass is 32.2. The van der Waals surface area contributed by atoms with Crippen LogP contribution < -0.4 is 10.00 Å². The molecule has 2 heterocycles. The van der Waals surface area contributed by atoms with E-state index in [2.05, 4.69) is 37.9 Å². The highest BCUT2D eigenvalue weighted by Gasteiger charge is 2.25. The van der Waals surface area contributed by atoms with E-state index in [0.717, 1.165) is 33.3 Å². The van der Waals surface area contributed by atoms with E-state index in [-0.39, 0.29) is 17.5 Å². The van der Waals surface area contributed by atoms with Gasteiger partial charge in [-0.25, -0.2) is 4.98 Å². The van der Waals surface area contributed by atoms with E-state index < -0.39 is 0 Å². The molecule has 1 N–H and O–H groups in total. The second-order valence-electron chi connectivity index (χ2n) is 6.66. The Bertz CT molecular complexity index is 1250. The van der Waals surface area contributed by atoms with Gasteiger partial charge in [-0.2, -0.15) is 0 Å². The number of anilines is 1. The summed E-state index contributed by atoms with van der Waals surface area (Å²) in [6.07, 6.45) is 1.60. The average Bonchev–Trinajstić information content (AvgIpc) is 3.35. The molecule has 150 valence electrons. The number of hydrogen-bond donors (Lipinski definition) is 1. The Morgan fingerprint density at radius 1 is 1.17 bits per heavy atom. The summed E-state index contributed by atoms with van der Waals surface area (Å²) in [5.41, 5.74) is 3.66. The smallest absolute Gasteiger partial charge is 0.302 e. The lowest BCUT2D eigenvalue weighted by molar-refractivity contribution is -0.763. The minimum Gasteiger partial charge on any atom is -0.378 e. The fourth-order valence-corrected chi connectivity index (χ4v) is 3.99. The predicted molar refractivity (Wildman–Crippen MR) is 110 cm³/mol. The van der Waals surface area contributed by atoms with Crippen molar-refractivity contribution in [3.8, 4) is 22.5 Å². The largest absolute Gasteiger partial charge is 0.378 e. The molecule has 2 aromatic heterocycles. The Morgan fingerprint density at radius 3 is 2.77 bits per heavy atom. The number of rotatable bonds is 7. The Morgan fingerprint density at radius 2 is 1.97 bits per heavy atom. The number of carbonyl (C=O) groups excluding carboxylic acids is 1. The van der Waals surface area contributed by atoms with Crippen molar-refractivity contribution < 1.29 is 18.7 Å². The first-order valence-electron chi connectivity index (χ1n) is 9.28. The van der Waals surface area contributed by atoms with Crippen molar-refractivity contribution in [2.24, 2.45) is 0 Å². The van der Waals surface area contributed by atoms with Gasteiger partial charge in [0, 0.05) is 23.6 Å². The number of ether oxygens (including phenoxy) is 1. The lowest BCUT2D eigenvalue weighted by atomic mass is 10.0. The first-order valence-corrected chi connectivity index (χ1v) is 10.3. The number of methoxy groups -OCH3 is 1. The first kappa shape index (κ1) is 18.6. The number of hydrogen-bond acceptors (Lipinski definition) is 8. The summed E-state index contributed by atoms with van der Waals surface area (Å²) in [5, 5.41) is 17.8. The van der Waals surface area contributed by atoms with Crippen LogP contribution in [0.2, 0.25) is 0 Å². The lowest BCUT2D eigenvalue weighted by Gasteiger charge is -2.03. The molecule has 0 atom stereocenters. The average molecular weight is 421 g/mol. The topological polar surface area (TPSA) is 107 Å². The minimum atomic E-state index is -0.246. The summed E-state index contributed by atoms with van der Waals surface area (Å²) in [6.45, 7) is 1.04. The van der Waals surface area contributed by atoms with Gasteiger partial charge in [0.15, 0.2) is 0 Å². The van der Waals surface area contributed by atoms with Gasteiger partial charge in [0.25, 0.3) is 6.20 Å². The Hall–Kier alpha value is -3.37. The van der Waals surface area contributed by atoms with Crippen LogP contribution >= 0.6 is 11.8 Å². The fourth-order valence-electron chi connectivity index (χ4n) is 3.40. The van der Waals surface area contributed by atoms with E-state index in [1.165, 1.54) is 11.8 Å². The molecule has 9 nitrogen and oxygen atoms in total. The van der Waals surface area contributed by atoms with Crippen molar-refractivity contribution in [1.29, 1.82) is 0 Å². The van der Waals surface area contributed by atoms with Crippen molar-refractivity contribution in [2.45, 2.75) is 11.7 Å². The van der Waals surface area contributed by atoms with E-state index in [1.807, 2.05) is 24.3 Å². The van der Waals surface area contributed by atoms with Crippen LogP contribution in [0, 0.1) is 0 Å². The maximum absolute atomic E-state index is 12.2. The molecule has 0 saturated carbocycles. The van der Waals surface area contributed by atoms with Crippen molar-refractivity contribution >= 4 is 34.3 Å². The van der Waals surface area contributed by atoms with Crippen LogP contribution in [0.5, 0.6) is 0 Å². The number of benzene rings is 2. The number of fused-ring (bicyclic) bond motifs is 3. The van der Waals surface area contributed by atoms with E-state index in [1.54, 1.807) is 18.0 Å². The Labute approximate surface area is 175 Å². The standard InChI is InChI=1S/C20H16N6O3S/c1-28-9-8-26-10-16(29-25-26)21-15(27)11-30-20-22-18-13-6-2-4-12-5-3-7-14(17(12)13)19(18)23-24-20/h2-7,10H,8-9,11H2,1H3/p+1. The van der Waals surface area contributed by atoms with E-state index in [0.29, 0.717) is 18.3 Å². The van der Waals surface area contributed by atoms with Crippen LogP contribution in [-0.4, -0.2) is 45.8 Å². The third-order valence-corrected chi connectivity index (χ3v) is 5.55. The summed E-state index contributed by atoms with van der Waals surface area (Å²) in [4.78, 5) is 16.9. The Balaban J connectivity index is 1.28. The molecule has 0 radical (unpaired) electrons. The fraction of sp³-hybridized carbons (Fsp3) is 0.200. The van der Waals surface area contributed by atoms with Crippen LogP contribution in [0.25, 0.3) is 33.3 Å². The number of amides is 1. The molecule has 0 bridgehead atoms. The molecule has 2 aromatic carbocycles. The van der Waals surface area contributed by atoms with Gasteiger partial charge in [-0.15, -0.1) is 10.2 Å². The predicted octanol–water partition coefficient (Wildman–Crippen LogP) is 2.32. The molecule has 0 aliphatic heterocycles. The summed E-state index contributed by atoms with van der Waals surface area (Å²) < 4.78 is 11.6. The number of carbonyl (C=O) groups is 1. The van der Waals surface area contributed by atoms with Gasteiger partial charge in [0.2, 0.25) is 22.9 Å². The second kappa shape index (κ2) is 7.81. The maximum Gasteiger partial charge on any atom is 0.302 e. The molecule has 0 unspecified atom stereocenters. The normalized spacial score (nSPS) is 11.6. The number of aromatic nitrogens is 5. The lowest BCUT2D eigenvalue weighted by Crippen LogP contribution is -2.36. The highest BCUT2D eigenvalue weighted by Crippen LogP contribution is 2.44. The van der Waals surface area contributed by atoms with Gasteiger partial charge in [0.05, 0.1) is 5.75 Å². The molecule has 0 fully saturated rings. The summed E-state index contributed by atoms with van der Waals surface area (Å²) in [5.74, 6) is 0.146. The summed E-state index contributed by atoms with van der Waals surface area (Å²) in [6, 6.07) is 12.2. The van der Waals surface area contributed by atoms with Crippen LogP contribution in [0.1, 0.15) is 0 Å². The van der Waals surface area contributed by atoms with Gasteiger partial charge in [-0.05, 0) is 10.1 Å². The SMILES string of the molecule is COCC[n+]1cc(NC(=O)CSc2nnc3c(n2)-c2cccc4cccc-3c24)on1. The third kappa shape index (κ3) is 3.40. The number of thioether (sulfide) groups is 1. The molecule has 1 aliphatic rings. The van der Waals surface area contributed by atoms with Crippen LogP contribution in [0.4, 0.5) is 5.88 Å². The van der Waals surface area contributed by atoms with Crippen LogP contribution in [0.3, 0.4) is 0 Å². The molecule has 1 aliphatic carbocycles. The molecule has 0 saturated heterocycles. The number of nitrogens with one attached hydrogen (secondary N) is 1. The van der Waals surface area contributed by atoms with E-state index in [4.69, 9.17) is 9.26 Å². The molecule has 5 rings (SSSR count). The minimum absolute atomic E-state index is 0.121. The molecule has 1 amide bonds. The van der Waals surface area contributed by atoms with Gasteiger partial charge < -0.3 is 4.74 Å². The molecule has 30 heavy (non-hydrogen) atoms. The molecule has 0 spiro atoms. The van der Waals surface area contributed by atoms with Gasteiger partial charge in [0.1, 0.15) is 18.0 Å². The van der Waals surface area contributed by atoms with Gasteiger partial charge in [-0.1, -0.05) is 48.2 Å². The number of nitrogens with zero attached hydrogens (tertiary/aromatic N) is 5. The van der Waals surface area contributed by atoms with Crippen molar-refractivity contribution in [3.05, 3.63) is 42.6 Å². The van der Waals surface area contributed by atoms with Crippen LogP contribution in [0.15, 0.2) is 52.3 Å². The van der Waals surface area contributed by atoms with Crippen molar-refractivity contribution in [2.75, 3.05) is 24.8 Å². The van der Waals surface area contributed by atoms with Gasteiger partial charge >= 0.3 is 5.88 Å². The zero-order valence-corrected chi connectivity index (χ0v) is 16.8. The molecular weight excluding hydrogens is 404 g/mol.